The number of rotatable bonds is 4. The van der Waals surface area contributed by atoms with Gasteiger partial charge in [-0.25, -0.2) is 4.98 Å². The van der Waals surface area contributed by atoms with E-state index in [0.717, 1.165) is 56.0 Å². The van der Waals surface area contributed by atoms with E-state index >= 15 is 0 Å². The molecule has 112 valence electrons. The summed E-state index contributed by atoms with van der Waals surface area (Å²) in [5.74, 6) is 1.07. The van der Waals surface area contributed by atoms with E-state index in [4.69, 9.17) is 20.6 Å². The second-order valence-electron chi connectivity index (χ2n) is 5.80. The normalized spacial score (nSPS) is 21.1. The van der Waals surface area contributed by atoms with Crippen molar-refractivity contribution in [1.29, 1.82) is 0 Å². The molecule has 0 radical (unpaired) electrons. The number of aryl methyl sites for hydroxylation is 1. The van der Waals surface area contributed by atoms with Crippen LogP contribution in [0.1, 0.15) is 42.3 Å². The minimum atomic E-state index is 0.129. The van der Waals surface area contributed by atoms with Crippen molar-refractivity contribution in [3.8, 4) is 0 Å². The van der Waals surface area contributed by atoms with Gasteiger partial charge in [0.25, 0.3) is 0 Å². The highest BCUT2D eigenvalue weighted by atomic mass is 16.5. The second-order valence-corrected chi connectivity index (χ2v) is 5.80. The third-order valence-corrected chi connectivity index (χ3v) is 4.34. The maximum absolute atomic E-state index is 5.75. The highest BCUT2D eigenvalue weighted by Gasteiger charge is 2.25. The zero-order valence-electron chi connectivity index (χ0n) is 12.1. The Kier molecular flexibility index (Phi) is 3.27. The summed E-state index contributed by atoms with van der Waals surface area (Å²) in [5.41, 5.74) is 10.1. The largest absolute Gasteiger partial charge is 0.372 e. The molecule has 3 heterocycles. The van der Waals surface area contributed by atoms with Crippen molar-refractivity contribution in [3.63, 3.8) is 0 Å². The van der Waals surface area contributed by atoms with E-state index in [9.17, 15) is 0 Å². The van der Waals surface area contributed by atoms with E-state index in [0.29, 0.717) is 6.54 Å². The van der Waals surface area contributed by atoms with Crippen LogP contribution in [0.2, 0.25) is 0 Å². The Hall–Kier alpha value is -1.66. The molecule has 6 nitrogen and oxygen atoms in total. The van der Waals surface area contributed by atoms with E-state index in [1.54, 1.807) is 0 Å². The van der Waals surface area contributed by atoms with E-state index in [1.165, 1.54) is 17.7 Å². The van der Waals surface area contributed by atoms with Gasteiger partial charge < -0.3 is 15.8 Å². The fraction of sp³-hybridized carbons (Fsp3) is 0.600. The van der Waals surface area contributed by atoms with Crippen LogP contribution in [0.3, 0.4) is 0 Å². The van der Waals surface area contributed by atoms with Crippen LogP contribution in [0.15, 0.2) is 6.07 Å². The molecule has 1 fully saturated rings. The number of hydrogen-bond donors (Lipinski definition) is 2. The van der Waals surface area contributed by atoms with Crippen molar-refractivity contribution in [1.82, 2.24) is 14.6 Å². The van der Waals surface area contributed by atoms with Crippen LogP contribution in [0.25, 0.3) is 5.65 Å². The molecule has 4 rings (SSSR count). The molecule has 0 saturated carbocycles. The van der Waals surface area contributed by atoms with E-state index in [1.807, 2.05) is 4.52 Å². The van der Waals surface area contributed by atoms with Gasteiger partial charge in [0.2, 0.25) is 0 Å². The van der Waals surface area contributed by atoms with Gasteiger partial charge in [-0.05, 0) is 32.1 Å². The molecule has 2 aromatic heterocycles. The average molecular weight is 287 g/mol. The van der Waals surface area contributed by atoms with E-state index < -0.39 is 0 Å². The van der Waals surface area contributed by atoms with Crippen molar-refractivity contribution in [2.24, 2.45) is 5.73 Å². The summed E-state index contributed by atoms with van der Waals surface area (Å²) in [6.45, 7) is 2.19. The molecule has 6 heteroatoms. The molecule has 1 atom stereocenters. The number of ether oxygens (including phenoxy) is 1. The van der Waals surface area contributed by atoms with Crippen molar-refractivity contribution in [2.45, 2.75) is 38.2 Å². The predicted octanol–water partition coefficient (Wildman–Crippen LogP) is 1.44. The number of nitrogens with two attached hydrogens (primary N) is 1. The molecule has 0 aromatic carbocycles. The third kappa shape index (κ3) is 2.18. The summed E-state index contributed by atoms with van der Waals surface area (Å²) in [6.07, 6.45) is 5.59. The summed E-state index contributed by atoms with van der Waals surface area (Å²) in [5, 5.41) is 8.19. The summed E-state index contributed by atoms with van der Waals surface area (Å²) in [7, 11) is 0. The van der Waals surface area contributed by atoms with Crippen LogP contribution < -0.4 is 11.1 Å². The Balaban J connectivity index is 1.81. The van der Waals surface area contributed by atoms with Gasteiger partial charge in [0.15, 0.2) is 5.65 Å². The minimum absolute atomic E-state index is 0.129. The number of hydrogen-bond acceptors (Lipinski definition) is 5. The molecule has 0 bridgehead atoms. The maximum Gasteiger partial charge on any atom is 0.157 e. The molecule has 0 amide bonds. The fourth-order valence-electron chi connectivity index (χ4n) is 3.35. The van der Waals surface area contributed by atoms with Gasteiger partial charge in [-0.2, -0.15) is 9.61 Å². The Morgan fingerprint density at radius 2 is 2.33 bits per heavy atom. The number of fused-ring (bicyclic) bond motifs is 2. The monoisotopic (exact) mass is 287 g/mol. The molecule has 21 heavy (non-hydrogen) atoms. The van der Waals surface area contributed by atoms with Crippen LogP contribution in [-0.2, 0) is 17.6 Å². The zero-order valence-corrected chi connectivity index (χ0v) is 12.1. The van der Waals surface area contributed by atoms with Crippen molar-refractivity contribution in [2.75, 3.05) is 25.0 Å². The lowest BCUT2D eigenvalue weighted by Gasteiger charge is -2.12. The summed E-state index contributed by atoms with van der Waals surface area (Å²) in [6, 6.07) is 2.07. The van der Waals surface area contributed by atoms with Crippen LogP contribution in [0.5, 0.6) is 0 Å². The van der Waals surface area contributed by atoms with Crippen molar-refractivity contribution >= 4 is 11.5 Å². The predicted molar refractivity (Wildman–Crippen MR) is 80.5 cm³/mol. The highest BCUT2D eigenvalue weighted by molar-refractivity contribution is 5.57. The first-order valence-corrected chi connectivity index (χ1v) is 7.84. The Labute approximate surface area is 123 Å². The Morgan fingerprint density at radius 1 is 1.38 bits per heavy atom. The van der Waals surface area contributed by atoms with Gasteiger partial charge in [0.05, 0.1) is 5.69 Å². The van der Waals surface area contributed by atoms with Gasteiger partial charge in [0, 0.05) is 37.0 Å². The van der Waals surface area contributed by atoms with Gasteiger partial charge in [-0.3, -0.25) is 0 Å². The van der Waals surface area contributed by atoms with Crippen LogP contribution >= 0.6 is 0 Å². The quantitative estimate of drug-likeness (QED) is 0.889. The number of aromatic nitrogens is 3. The van der Waals surface area contributed by atoms with Crippen LogP contribution in [0.4, 0.5) is 5.82 Å². The van der Waals surface area contributed by atoms with Crippen molar-refractivity contribution in [3.05, 3.63) is 23.0 Å². The lowest BCUT2D eigenvalue weighted by molar-refractivity contribution is 0.108. The molecule has 1 unspecified atom stereocenters. The topological polar surface area (TPSA) is 77.5 Å². The van der Waals surface area contributed by atoms with Gasteiger partial charge in [-0.15, -0.1) is 0 Å². The molecular weight excluding hydrogens is 266 g/mol. The average Bonchev–Trinajstić information content (AvgIpc) is 3.20. The number of nitrogens with zero attached hydrogens (tertiary/aromatic N) is 3. The Morgan fingerprint density at radius 3 is 3.14 bits per heavy atom. The molecule has 2 aliphatic rings. The summed E-state index contributed by atoms with van der Waals surface area (Å²) >= 11 is 0. The Bertz CT molecular complexity index is 660. The lowest BCUT2D eigenvalue weighted by atomic mass is 10.2. The molecule has 1 aliphatic heterocycles. The molecule has 0 spiro atoms. The summed E-state index contributed by atoms with van der Waals surface area (Å²) in [4.78, 5) is 4.79. The minimum Gasteiger partial charge on any atom is -0.372 e. The zero-order chi connectivity index (χ0) is 14.2. The molecule has 3 N–H and O–H groups in total. The first-order valence-electron chi connectivity index (χ1n) is 7.84. The first kappa shape index (κ1) is 13.0. The highest BCUT2D eigenvalue weighted by Crippen LogP contribution is 2.32. The number of anilines is 1. The fourth-order valence-corrected chi connectivity index (χ4v) is 3.35. The maximum atomic E-state index is 5.75. The molecule has 1 aliphatic carbocycles. The number of nitrogens with one attached hydrogen (secondary N) is 1. The van der Waals surface area contributed by atoms with Gasteiger partial charge in [-0.1, -0.05) is 0 Å². The van der Waals surface area contributed by atoms with Crippen LogP contribution in [0, 0.1) is 0 Å². The lowest BCUT2D eigenvalue weighted by Crippen LogP contribution is -2.17. The molecular formula is C15H21N5O. The third-order valence-electron chi connectivity index (χ3n) is 4.34. The SMILES string of the molecule is NCCNc1c2c(nc3cc(C4CCCO4)nn13)CCC2. The first-order chi connectivity index (χ1) is 10.4. The second kappa shape index (κ2) is 5.27. The molecule has 2 aromatic rings. The van der Waals surface area contributed by atoms with Gasteiger partial charge in [0.1, 0.15) is 11.9 Å². The van der Waals surface area contributed by atoms with E-state index in [-0.39, 0.29) is 6.10 Å². The molecule has 1 saturated heterocycles. The van der Waals surface area contributed by atoms with E-state index in [2.05, 4.69) is 11.4 Å². The standard InChI is InChI=1S/C15H21N5O/c16-6-7-17-15-10-3-1-4-11(10)18-14-9-12(19-20(14)15)13-5-2-8-21-13/h9,13,17H,1-8,16H2. The van der Waals surface area contributed by atoms with Crippen molar-refractivity contribution < 1.29 is 4.74 Å². The smallest absolute Gasteiger partial charge is 0.157 e. The van der Waals surface area contributed by atoms with Crippen LogP contribution in [-0.4, -0.2) is 34.3 Å². The van der Waals surface area contributed by atoms with Gasteiger partial charge >= 0.3 is 0 Å². The summed E-state index contributed by atoms with van der Waals surface area (Å²) < 4.78 is 7.69.